The Morgan fingerprint density at radius 3 is 2.55 bits per heavy atom. The van der Waals surface area contributed by atoms with Crippen molar-refractivity contribution in [2.75, 3.05) is 11.9 Å². The van der Waals surface area contributed by atoms with Gasteiger partial charge in [0.1, 0.15) is 6.04 Å². The van der Waals surface area contributed by atoms with E-state index in [2.05, 4.69) is 36.9 Å². The lowest BCUT2D eigenvalue weighted by molar-refractivity contribution is -0.129. The number of para-hydroxylation sites is 2. The van der Waals surface area contributed by atoms with Crippen molar-refractivity contribution >= 4 is 50.2 Å². The molecule has 0 unspecified atom stereocenters. The molecule has 0 aliphatic heterocycles. The lowest BCUT2D eigenvalue weighted by Crippen LogP contribution is -2.49. The molecule has 3 amide bonds. The fourth-order valence-corrected chi connectivity index (χ4v) is 3.41. The van der Waals surface area contributed by atoms with E-state index >= 15 is 0 Å². The maximum absolute atomic E-state index is 12.6. The van der Waals surface area contributed by atoms with E-state index in [1.165, 1.54) is 6.92 Å². The Labute approximate surface area is 176 Å². The van der Waals surface area contributed by atoms with E-state index in [4.69, 9.17) is 0 Å². The second-order valence-electron chi connectivity index (χ2n) is 6.56. The first-order valence-corrected chi connectivity index (χ1v) is 9.87. The van der Waals surface area contributed by atoms with Crippen molar-refractivity contribution in [3.63, 3.8) is 0 Å². The molecule has 0 fully saturated rings. The number of amides is 3. The van der Waals surface area contributed by atoms with Gasteiger partial charge in [0.25, 0.3) is 0 Å². The molecule has 1 aromatic heterocycles. The van der Waals surface area contributed by atoms with Gasteiger partial charge >= 0.3 is 0 Å². The minimum Gasteiger partial charge on any atom is -0.361 e. The van der Waals surface area contributed by atoms with Crippen LogP contribution in [0.4, 0.5) is 5.69 Å². The SMILES string of the molecule is CC(=O)N[C@@H](Cc1c[nH]c2ccccc12)C(=O)NCC(=O)Nc1ccccc1Br. The Kier molecular flexibility index (Phi) is 6.66. The first kappa shape index (κ1) is 20.6. The minimum atomic E-state index is -0.789. The monoisotopic (exact) mass is 456 g/mol. The molecule has 7 nitrogen and oxygen atoms in total. The van der Waals surface area contributed by atoms with Gasteiger partial charge in [-0.15, -0.1) is 0 Å². The number of hydrogen-bond acceptors (Lipinski definition) is 3. The summed E-state index contributed by atoms with van der Waals surface area (Å²) in [5, 5.41) is 8.97. The van der Waals surface area contributed by atoms with Gasteiger partial charge in [0.15, 0.2) is 0 Å². The van der Waals surface area contributed by atoms with Crippen LogP contribution in [0.1, 0.15) is 12.5 Å². The van der Waals surface area contributed by atoms with Crippen molar-refractivity contribution in [2.24, 2.45) is 0 Å². The zero-order valence-electron chi connectivity index (χ0n) is 15.8. The van der Waals surface area contributed by atoms with Crippen molar-refractivity contribution in [3.8, 4) is 0 Å². The molecule has 0 spiro atoms. The van der Waals surface area contributed by atoms with Gasteiger partial charge in [-0.05, 0) is 39.7 Å². The Morgan fingerprint density at radius 2 is 1.79 bits per heavy atom. The molecular weight excluding hydrogens is 436 g/mol. The van der Waals surface area contributed by atoms with Crippen LogP contribution in [0.15, 0.2) is 59.2 Å². The van der Waals surface area contributed by atoms with Crippen LogP contribution >= 0.6 is 15.9 Å². The van der Waals surface area contributed by atoms with Crippen LogP contribution in [0.25, 0.3) is 10.9 Å². The quantitative estimate of drug-likeness (QED) is 0.439. The molecule has 1 heterocycles. The fraction of sp³-hybridized carbons (Fsp3) is 0.190. The first-order chi connectivity index (χ1) is 13.9. The van der Waals surface area contributed by atoms with Gasteiger partial charge in [0, 0.05) is 34.9 Å². The molecule has 0 radical (unpaired) electrons. The summed E-state index contributed by atoms with van der Waals surface area (Å²) < 4.78 is 0.745. The molecule has 150 valence electrons. The van der Waals surface area contributed by atoms with Crippen LogP contribution in [-0.2, 0) is 20.8 Å². The standard InChI is InChI=1S/C21H21BrN4O3/c1-13(27)25-19(10-14-11-23-17-8-4-2-6-15(14)17)21(29)24-12-20(28)26-18-9-5-3-7-16(18)22/h2-9,11,19,23H,10,12H2,1H3,(H,24,29)(H,25,27)(H,26,28)/t19-/m0/s1. The molecule has 1 atom stereocenters. The summed E-state index contributed by atoms with van der Waals surface area (Å²) in [5.41, 5.74) is 2.48. The lowest BCUT2D eigenvalue weighted by atomic mass is 10.0. The number of fused-ring (bicyclic) bond motifs is 1. The maximum atomic E-state index is 12.6. The van der Waals surface area contributed by atoms with Crippen LogP contribution in [0.3, 0.4) is 0 Å². The number of anilines is 1. The molecule has 2 aromatic carbocycles. The summed E-state index contributed by atoms with van der Waals surface area (Å²) in [6.07, 6.45) is 2.13. The molecule has 8 heteroatoms. The summed E-state index contributed by atoms with van der Waals surface area (Å²) in [6, 6.07) is 14.1. The Bertz CT molecular complexity index is 1050. The first-order valence-electron chi connectivity index (χ1n) is 9.08. The van der Waals surface area contributed by atoms with Crippen molar-refractivity contribution in [1.82, 2.24) is 15.6 Å². The molecular formula is C21H21BrN4O3. The second-order valence-corrected chi connectivity index (χ2v) is 7.42. The molecule has 3 rings (SSSR count). The van der Waals surface area contributed by atoms with Crippen molar-refractivity contribution in [1.29, 1.82) is 0 Å². The smallest absolute Gasteiger partial charge is 0.243 e. The van der Waals surface area contributed by atoms with Crippen LogP contribution in [0, 0.1) is 0 Å². The van der Waals surface area contributed by atoms with Crippen molar-refractivity contribution < 1.29 is 14.4 Å². The third-order valence-electron chi connectivity index (χ3n) is 4.36. The van der Waals surface area contributed by atoms with Gasteiger partial charge in [-0.1, -0.05) is 30.3 Å². The molecule has 0 saturated heterocycles. The lowest BCUT2D eigenvalue weighted by Gasteiger charge is -2.17. The number of rotatable bonds is 7. The zero-order chi connectivity index (χ0) is 20.8. The normalized spacial score (nSPS) is 11.7. The van der Waals surface area contributed by atoms with Gasteiger partial charge < -0.3 is 20.9 Å². The number of hydrogen-bond donors (Lipinski definition) is 4. The summed E-state index contributed by atoms with van der Waals surface area (Å²) in [5.74, 6) is -1.10. The number of aromatic nitrogens is 1. The average Bonchev–Trinajstić information content (AvgIpc) is 3.10. The highest BCUT2D eigenvalue weighted by atomic mass is 79.9. The molecule has 4 N–H and O–H groups in total. The third-order valence-corrected chi connectivity index (χ3v) is 5.06. The van der Waals surface area contributed by atoms with E-state index in [0.717, 1.165) is 20.9 Å². The molecule has 0 aliphatic carbocycles. The number of H-pyrrole nitrogens is 1. The van der Waals surface area contributed by atoms with E-state index in [9.17, 15) is 14.4 Å². The van der Waals surface area contributed by atoms with Gasteiger partial charge in [-0.3, -0.25) is 14.4 Å². The van der Waals surface area contributed by atoms with Gasteiger partial charge in [-0.25, -0.2) is 0 Å². The Hall–Kier alpha value is -3.13. The summed E-state index contributed by atoms with van der Waals surface area (Å²) in [7, 11) is 0. The summed E-state index contributed by atoms with van der Waals surface area (Å²) in [4.78, 5) is 39.5. The number of carbonyl (C=O) groups is 3. The molecule has 29 heavy (non-hydrogen) atoms. The Morgan fingerprint density at radius 1 is 1.07 bits per heavy atom. The summed E-state index contributed by atoms with van der Waals surface area (Å²) >= 11 is 3.36. The van der Waals surface area contributed by atoms with Crippen LogP contribution in [-0.4, -0.2) is 35.3 Å². The third kappa shape index (κ3) is 5.45. The van der Waals surface area contributed by atoms with Crippen LogP contribution in [0.2, 0.25) is 0 Å². The minimum absolute atomic E-state index is 0.204. The molecule has 0 bridgehead atoms. The van der Waals surface area contributed by atoms with Crippen molar-refractivity contribution in [3.05, 3.63) is 64.8 Å². The van der Waals surface area contributed by atoms with E-state index < -0.39 is 11.9 Å². The highest BCUT2D eigenvalue weighted by molar-refractivity contribution is 9.10. The van der Waals surface area contributed by atoms with Crippen LogP contribution in [0.5, 0.6) is 0 Å². The highest BCUT2D eigenvalue weighted by Crippen LogP contribution is 2.21. The largest absolute Gasteiger partial charge is 0.361 e. The molecule has 3 aromatic rings. The predicted octanol–water partition coefficient (Wildman–Crippen LogP) is 2.73. The number of aromatic amines is 1. The molecule has 0 aliphatic rings. The number of carbonyl (C=O) groups excluding carboxylic acids is 3. The van der Waals surface area contributed by atoms with Crippen LogP contribution < -0.4 is 16.0 Å². The topological polar surface area (TPSA) is 103 Å². The average molecular weight is 457 g/mol. The molecule has 0 saturated carbocycles. The number of benzene rings is 2. The van der Waals surface area contributed by atoms with Gasteiger partial charge in [0.05, 0.1) is 12.2 Å². The van der Waals surface area contributed by atoms with Crippen molar-refractivity contribution in [2.45, 2.75) is 19.4 Å². The Balaban J connectivity index is 1.64. The second kappa shape index (κ2) is 9.38. The zero-order valence-corrected chi connectivity index (χ0v) is 17.4. The van der Waals surface area contributed by atoms with Gasteiger partial charge in [-0.2, -0.15) is 0 Å². The highest BCUT2D eigenvalue weighted by Gasteiger charge is 2.22. The summed E-state index contributed by atoms with van der Waals surface area (Å²) in [6.45, 7) is 1.15. The predicted molar refractivity (Wildman–Crippen MR) is 115 cm³/mol. The fourth-order valence-electron chi connectivity index (χ4n) is 3.02. The maximum Gasteiger partial charge on any atom is 0.243 e. The number of halogens is 1. The number of nitrogens with one attached hydrogen (secondary N) is 4. The van der Waals surface area contributed by atoms with E-state index in [1.54, 1.807) is 12.1 Å². The van der Waals surface area contributed by atoms with E-state index in [1.807, 2.05) is 42.6 Å². The van der Waals surface area contributed by atoms with E-state index in [-0.39, 0.29) is 18.4 Å². The van der Waals surface area contributed by atoms with E-state index in [0.29, 0.717) is 12.1 Å². The van der Waals surface area contributed by atoms with Gasteiger partial charge in [0.2, 0.25) is 17.7 Å².